The van der Waals surface area contributed by atoms with Crippen molar-refractivity contribution < 1.29 is 9.53 Å². The molecule has 1 fully saturated rings. The number of carbonyl (C=O) groups is 1. The zero-order valence-electron chi connectivity index (χ0n) is 13.2. The van der Waals surface area contributed by atoms with Crippen molar-refractivity contribution in [2.24, 2.45) is 0 Å². The van der Waals surface area contributed by atoms with Crippen LogP contribution in [-0.2, 0) is 21.7 Å². The molecule has 128 valence electrons. The molecule has 0 bridgehead atoms. The standard InChI is InChI=1S/C17H19ClN2O2S2/c18-13-5-3-12(4-6-13)10-23-17-20-14(11-24-17)8-16(21)19-9-15-2-1-7-22-15/h3-6,11,15H,1-2,7-10H2,(H,19,21)/t15-/m1/s1. The van der Waals surface area contributed by atoms with Crippen molar-refractivity contribution in [3.05, 3.63) is 45.9 Å². The molecular formula is C17H19ClN2O2S2. The SMILES string of the molecule is O=C(Cc1csc(SCc2ccc(Cl)cc2)n1)NC[C@H]1CCCO1. The van der Waals surface area contributed by atoms with E-state index in [-0.39, 0.29) is 12.0 Å². The van der Waals surface area contributed by atoms with E-state index in [4.69, 9.17) is 16.3 Å². The van der Waals surface area contributed by atoms with Crippen LogP contribution in [0.4, 0.5) is 0 Å². The first-order valence-electron chi connectivity index (χ1n) is 7.89. The lowest BCUT2D eigenvalue weighted by Crippen LogP contribution is -2.32. The fourth-order valence-electron chi connectivity index (χ4n) is 2.42. The summed E-state index contributed by atoms with van der Waals surface area (Å²) in [5.74, 6) is 0.847. The van der Waals surface area contributed by atoms with Crippen molar-refractivity contribution in [2.75, 3.05) is 13.2 Å². The highest BCUT2D eigenvalue weighted by atomic mass is 35.5. The number of benzene rings is 1. The molecule has 7 heteroatoms. The number of nitrogens with zero attached hydrogens (tertiary/aromatic N) is 1. The molecule has 4 nitrogen and oxygen atoms in total. The second kappa shape index (κ2) is 8.85. The van der Waals surface area contributed by atoms with Gasteiger partial charge in [-0.05, 0) is 30.5 Å². The molecule has 0 unspecified atom stereocenters. The molecule has 0 aliphatic carbocycles. The maximum absolute atomic E-state index is 12.0. The molecule has 2 heterocycles. The number of amides is 1. The van der Waals surface area contributed by atoms with Gasteiger partial charge in [-0.15, -0.1) is 11.3 Å². The molecule has 2 aromatic rings. The summed E-state index contributed by atoms with van der Waals surface area (Å²) in [6.45, 7) is 1.40. The first kappa shape index (κ1) is 17.7. The number of rotatable bonds is 7. The van der Waals surface area contributed by atoms with Crippen LogP contribution in [0.2, 0.25) is 5.02 Å². The highest BCUT2D eigenvalue weighted by molar-refractivity contribution is 8.00. The van der Waals surface area contributed by atoms with E-state index in [0.717, 1.165) is 40.3 Å². The van der Waals surface area contributed by atoms with Gasteiger partial charge in [0.25, 0.3) is 0 Å². The van der Waals surface area contributed by atoms with Crippen molar-refractivity contribution in [1.29, 1.82) is 0 Å². The zero-order valence-corrected chi connectivity index (χ0v) is 15.6. The summed E-state index contributed by atoms with van der Waals surface area (Å²) in [5.41, 5.74) is 2.03. The van der Waals surface area contributed by atoms with Crippen molar-refractivity contribution in [2.45, 2.75) is 35.5 Å². The molecule has 1 aromatic heterocycles. The Hall–Kier alpha value is -1.08. The molecule has 1 aromatic carbocycles. The lowest BCUT2D eigenvalue weighted by Gasteiger charge is -2.09. The van der Waals surface area contributed by atoms with Gasteiger partial charge in [0.05, 0.1) is 18.2 Å². The Kier molecular flexibility index (Phi) is 6.54. The minimum atomic E-state index is 0.00468. The highest BCUT2D eigenvalue weighted by Gasteiger charge is 2.16. The summed E-state index contributed by atoms with van der Waals surface area (Å²) < 4.78 is 6.48. The third-order valence-electron chi connectivity index (χ3n) is 3.70. The third-order valence-corrected chi connectivity index (χ3v) is 6.09. The largest absolute Gasteiger partial charge is 0.376 e. The number of ether oxygens (including phenoxy) is 1. The zero-order chi connectivity index (χ0) is 16.8. The van der Waals surface area contributed by atoms with Crippen molar-refractivity contribution >= 4 is 40.6 Å². The van der Waals surface area contributed by atoms with Gasteiger partial charge in [0.1, 0.15) is 4.34 Å². The summed E-state index contributed by atoms with van der Waals surface area (Å²) in [4.78, 5) is 16.5. The summed E-state index contributed by atoms with van der Waals surface area (Å²) in [7, 11) is 0. The number of nitrogens with one attached hydrogen (secondary N) is 1. The number of carbonyl (C=O) groups excluding carboxylic acids is 1. The molecule has 0 radical (unpaired) electrons. The molecule has 3 rings (SSSR count). The number of aromatic nitrogens is 1. The van der Waals surface area contributed by atoms with Crippen LogP contribution in [0.5, 0.6) is 0 Å². The van der Waals surface area contributed by atoms with Crippen LogP contribution in [0.15, 0.2) is 34.0 Å². The molecule has 1 aliphatic heterocycles. The van der Waals surface area contributed by atoms with E-state index in [9.17, 15) is 4.79 Å². The lowest BCUT2D eigenvalue weighted by molar-refractivity contribution is -0.121. The molecule has 1 saturated heterocycles. The van der Waals surface area contributed by atoms with Crippen LogP contribution in [-0.4, -0.2) is 30.1 Å². The Balaban J connectivity index is 1.42. The highest BCUT2D eigenvalue weighted by Crippen LogP contribution is 2.26. The van der Waals surface area contributed by atoms with Crippen LogP contribution in [0.3, 0.4) is 0 Å². The van der Waals surface area contributed by atoms with Gasteiger partial charge in [0.2, 0.25) is 5.91 Å². The van der Waals surface area contributed by atoms with Crippen molar-refractivity contribution in [3.63, 3.8) is 0 Å². The monoisotopic (exact) mass is 382 g/mol. The second-order valence-electron chi connectivity index (χ2n) is 5.64. The van der Waals surface area contributed by atoms with Crippen LogP contribution < -0.4 is 5.32 Å². The minimum Gasteiger partial charge on any atom is -0.376 e. The number of halogens is 1. The van der Waals surface area contributed by atoms with Crippen molar-refractivity contribution in [3.8, 4) is 0 Å². The summed E-state index contributed by atoms with van der Waals surface area (Å²) in [5, 5.41) is 5.63. The first-order chi connectivity index (χ1) is 11.7. The van der Waals surface area contributed by atoms with E-state index in [2.05, 4.69) is 10.3 Å². The normalized spacial score (nSPS) is 17.1. The summed E-state index contributed by atoms with van der Waals surface area (Å²) >= 11 is 9.14. The Labute approximate surface area is 155 Å². The van der Waals surface area contributed by atoms with Gasteiger partial charge in [0.15, 0.2) is 0 Å². The molecule has 0 spiro atoms. The molecule has 1 atom stereocenters. The lowest BCUT2D eigenvalue weighted by atomic mass is 10.2. The maximum Gasteiger partial charge on any atom is 0.226 e. The summed E-state index contributed by atoms with van der Waals surface area (Å²) in [6, 6.07) is 7.82. The van der Waals surface area contributed by atoms with Crippen LogP contribution in [0, 0.1) is 0 Å². The van der Waals surface area contributed by atoms with Gasteiger partial charge in [-0.25, -0.2) is 4.98 Å². The predicted molar refractivity (Wildman–Crippen MR) is 98.8 cm³/mol. The Morgan fingerprint density at radius 2 is 2.25 bits per heavy atom. The van der Waals surface area contributed by atoms with Gasteiger partial charge in [0, 0.05) is 29.3 Å². The summed E-state index contributed by atoms with van der Waals surface area (Å²) in [6.07, 6.45) is 2.61. The van der Waals surface area contributed by atoms with E-state index >= 15 is 0 Å². The van der Waals surface area contributed by atoms with E-state index in [0.29, 0.717) is 13.0 Å². The van der Waals surface area contributed by atoms with E-state index in [1.54, 1.807) is 23.1 Å². The van der Waals surface area contributed by atoms with E-state index in [1.807, 2.05) is 29.6 Å². The second-order valence-corrected chi connectivity index (χ2v) is 8.15. The maximum atomic E-state index is 12.0. The van der Waals surface area contributed by atoms with Gasteiger partial charge in [-0.2, -0.15) is 0 Å². The molecule has 1 amide bonds. The van der Waals surface area contributed by atoms with E-state index in [1.165, 1.54) is 5.56 Å². The fraction of sp³-hybridized carbons (Fsp3) is 0.412. The minimum absolute atomic E-state index is 0.00468. The Morgan fingerprint density at radius 3 is 3.00 bits per heavy atom. The van der Waals surface area contributed by atoms with Crippen LogP contribution >= 0.6 is 34.7 Å². The fourth-order valence-corrected chi connectivity index (χ4v) is 4.35. The average molecular weight is 383 g/mol. The van der Waals surface area contributed by atoms with Gasteiger partial charge >= 0.3 is 0 Å². The van der Waals surface area contributed by atoms with Crippen LogP contribution in [0.1, 0.15) is 24.1 Å². The van der Waals surface area contributed by atoms with Gasteiger partial charge in [-0.3, -0.25) is 4.79 Å². The quantitative estimate of drug-likeness (QED) is 0.737. The molecule has 0 saturated carbocycles. The number of thiazole rings is 1. The number of thioether (sulfide) groups is 1. The first-order valence-corrected chi connectivity index (χ1v) is 10.1. The third kappa shape index (κ3) is 5.48. The Morgan fingerprint density at radius 1 is 1.42 bits per heavy atom. The average Bonchev–Trinajstić information content (AvgIpc) is 3.24. The molecule has 1 N–H and O–H groups in total. The molecule has 24 heavy (non-hydrogen) atoms. The van der Waals surface area contributed by atoms with Crippen molar-refractivity contribution in [1.82, 2.24) is 10.3 Å². The molecular weight excluding hydrogens is 364 g/mol. The smallest absolute Gasteiger partial charge is 0.226 e. The van der Waals surface area contributed by atoms with E-state index < -0.39 is 0 Å². The van der Waals surface area contributed by atoms with Gasteiger partial charge < -0.3 is 10.1 Å². The number of hydrogen-bond donors (Lipinski definition) is 1. The van der Waals surface area contributed by atoms with Gasteiger partial charge in [-0.1, -0.05) is 35.5 Å². The number of hydrogen-bond acceptors (Lipinski definition) is 5. The Bertz CT molecular complexity index is 669. The predicted octanol–water partition coefficient (Wildman–Crippen LogP) is 3.93. The molecule has 1 aliphatic rings. The van der Waals surface area contributed by atoms with Crippen LogP contribution in [0.25, 0.3) is 0 Å². The topological polar surface area (TPSA) is 51.2 Å².